The Morgan fingerprint density at radius 1 is 1.06 bits per heavy atom. The number of carbonyl (C=O) groups is 1. The highest BCUT2D eigenvalue weighted by Gasteiger charge is 2.21. The molecule has 2 aromatic heterocycles. The van der Waals surface area contributed by atoms with E-state index in [1.807, 2.05) is 41.4 Å². The third kappa shape index (κ3) is 4.01. The summed E-state index contributed by atoms with van der Waals surface area (Å²) in [4.78, 5) is 26.4. The number of hydrogen-bond donors (Lipinski definition) is 1. The lowest BCUT2D eigenvalue weighted by atomic mass is 10.1. The SMILES string of the molecule is Cc1ccc(C(=O)N2CCN(C)CC2)cc1Nc1cc(-c2cccnc2)nc2c1C=CC2. The van der Waals surface area contributed by atoms with Gasteiger partial charge >= 0.3 is 0 Å². The standard InChI is InChI=1S/C26H27N5O/c1-18-8-9-19(26(32)31-13-11-30(2)12-14-31)15-23(18)29-25-16-24(20-5-4-10-27-17-20)28-22-7-3-6-21(22)25/h3-6,8-10,15-17H,7,11-14H2,1-2H3,(H,28,29). The molecule has 5 rings (SSSR count). The van der Waals surface area contributed by atoms with Crippen LogP contribution in [-0.4, -0.2) is 58.9 Å². The highest BCUT2D eigenvalue weighted by Crippen LogP contribution is 2.33. The summed E-state index contributed by atoms with van der Waals surface area (Å²) in [6.45, 7) is 5.42. The van der Waals surface area contributed by atoms with Crippen LogP contribution in [0.15, 0.2) is 54.9 Å². The smallest absolute Gasteiger partial charge is 0.254 e. The molecule has 1 aliphatic carbocycles. The monoisotopic (exact) mass is 425 g/mol. The molecule has 1 fully saturated rings. The number of benzene rings is 1. The summed E-state index contributed by atoms with van der Waals surface area (Å²) in [6.07, 6.45) is 8.67. The molecule has 0 radical (unpaired) electrons. The number of aromatic nitrogens is 2. The fourth-order valence-corrected chi connectivity index (χ4v) is 4.23. The van der Waals surface area contributed by atoms with Gasteiger partial charge in [0.2, 0.25) is 0 Å². The first-order valence-electron chi connectivity index (χ1n) is 11.0. The van der Waals surface area contributed by atoms with Crippen molar-refractivity contribution in [2.45, 2.75) is 13.3 Å². The molecule has 32 heavy (non-hydrogen) atoms. The number of hydrogen-bond acceptors (Lipinski definition) is 5. The minimum absolute atomic E-state index is 0.0945. The van der Waals surface area contributed by atoms with Crippen molar-refractivity contribution in [2.75, 3.05) is 38.5 Å². The van der Waals surface area contributed by atoms with Gasteiger partial charge in [0.05, 0.1) is 11.4 Å². The molecule has 0 saturated carbocycles. The van der Waals surface area contributed by atoms with Crippen LogP contribution in [-0.2, 0) is 6.42 Å². The summed E-state index contributed by atoms with van der Waals surface area (Å²) < 4.78 is 0. The Balaban J connectivity index is 1.46. The maximum absolute atomic E-state index is 13.1. The van der Waals surface area contributed by atoms with Gasteiger partial charge in [0, 0.05) is 73.1 Å². The first-order valence-corrected chi connectivity index (χ1v) is 11.0. The van der Waals surface area contributed by atoms with Crippen molar-refractivity contribution in [3.05, 3.63) is 77.3 Å². The molecule has 1 aliphatic heterocycles. The summed E-state index contributed by atoms with van der Waals surface area (Å²) in [5.41, 5.74) is 7.79. The van der Waals surface area contributed by atoms with Crippen molar-refractivity contribution in [1.82, 2.24) is 19.8 Å². The van der Waals surface area contributed by atoms with E-state index in [9.17, 15) is 4.79 Å². The summed E-state index contributed by atoms with van der Waals surface area (Å²) in [7, 11) is 2.09. The van der Waals surface area contributed by atoms with Crippen LogP contribution < -0.4 is 5.32 Å². The zero-order chi connectivity index (χ0) is 22.1. The number of nitrogens with one attached hydrogen (secondary N) is 1. The number of pyridine rings is 2. The van der Waals surface area contributed by atoms with Crippen molar-refractivity contribution in [3.63, 3.8) is 0 Å². The average molecular weight is 426 g/mol. The van der Waals surface area contributed by atoms with Crippen molar-refractivity contribution in [1.29, 1.82) is 0 Å². The molecule has 0 atom stereocenters. The van der Waals surface area contributed by atoms with E-state index in [-0.39, 0.29) is 5.91 Å². The van der Waals surface area contributed by atoms with E-state index >= 15 is 0 Å². The second-order valence-corrected chi connectivity index (χ2v) is 8.51. The average Bonchev–Trinajstić information content (AvgIpc) is 3.30. The van der Waals surface area contributed by atoms with Crippen LogP contribution in [0.3, 0.4) is 0 Å². The Labute approximate surface area is 188 Å². The fraction of sp³-hybridized carbons (Fsp3) is 0.269. The molecule has 0 bridgehead atoms. The van der Waals surface area contributed by atoms with Crippen molar-refractivity contribution < 1.29 is 4.79 Å². The Morgan fingerprint density at radius 2 is 1.91 bits per heavy atom. The largest absolute Gasteiger partial charge is 0.355 e. The second-order valence-electron chi connectivity index (χ2n) is 8.51. The molecular weight excluding hydrogens is 398 g/mol. The topological polar surface area (TPSA) is 61.4 Å². The van der Waals surface area contributed by atoms with Crippen molar-refractivity contribution in [3.8, 4) is 11.3 Å². The molecule has 2 aliphatic rings. The lowest BCUT2D eigenvalue weighted by molar-refractivity contribution is 0.0664. The third-order valence-corrected chi connectivity index (χ3v) is 6.23. The van der Waals surface area contributed by atoms with Gasteiger partial charge in [-0.25, -0.2) is 0 Å². The van der Waals surface area contributed by atoms with Gasteiger partial charge < -0.3 is 15.1 Å². The highest BCUT2D eigenvalue weighted by molar-refractivity contribution is 5.96. The van der Waals surface area contributed by atoms with Crippen LogP contribution in [0, 0.1) is 6.92 Å². The van der Waals surface area contributed by atoms with Gasteiger partial charge in [0.15, 0.2) is 0 Å². The summed E-state index contributed by atoms with van der Waals surface area (Å²) in [6, 6.07) is 11.9. The number of likely N-dealkylation sites (N-methyl/N-ethyl adjacent to an activating group) is 1. The van der Waals surface area contributed by atoms with Gasteiger partial charge in [0.25, 0.3) is 5.91 Å². The molecule has 3 heterocycles. The summed E-state index contributed by atoms with van der Waals surface area (Å²) in [5, 5.41) is 3.60. The van der Waals surface area contributed by atoms with Gasteiger partial charge in [-0.05, 0) is 49.9 Å². The number of anilines is 2. The van der Waals surface area contributed by atoms with Gasteiger partial charge in [0.1, 0.15) is 0 Å². The molecule has 1 amide bonds. The van der Waals surface area contributed by atoms with Crippen LogP contribution in [0.25, 0.3) is 17.3 Å². The second kappa shape index (κ2) is 8.55. The summed E-state index contributed by atoms with van der Waals surface area (Å²) in [5.74, 6) is 0.0945. The lowest BCUT2D eigenvalue weighted by Gasteiger charge is -2.32. The molecule has 6 heteroatoms. The Bertz CT molecular complexity index is 1180. The zero-order valence-electron chi connectivity index (χ0n) is 18.5. The summed E-state index contributed by atoms with van der Waals surface area (Å²) >= 11 is 0. The number of allylic oxidation sites excluding steroid dienone is 1. The maximum Gasteiger partial charge on any atom is 0.254 e. The molecule has 0 unspecified atom stereocenters. The van der Waals surface area contributed by atoms with Gasteiger partial charge in [-0.15, -0.1) is 0 Å². The number of carbonyl (C=O) groups excluding carboxylic acids is 1. The lowest BCUT2D eigenvalue weighted by Crippen LogP contribution is -2.47. The number of rotatable bonds is 4. The van der Waals surface area contributed by atoms with E-state index in [0.29, 0.717) is 0 Å². The van der Waals surface area contributed by atoms with E-state index in [1.165, 1.54) is 0 Å². The molecule has 0 spiro atoms. The zero-order valence-corrected chi connectivity index (χ0v) is 18.5. The number of amides is 1. The molecular formula is C26H27N5O. The van der Waals surface area contributed by atoms with Crippen LogP contribution in [0.4, 0.5) is 11.4 Å². The van der Waals surface area contributed by atoms with E-state index in [2.05, 4.69) is 47.4 Å². The molecule has 3 aromatic rings. The van der Waals surface area contributed by atoms with Crippen molar-refractivity contribution >= 4 is 23.4 Å². The minimum atomic E-state index is 0.0945. The normalized spacial score (nSPS) is 15.6. The fourth-order valence-electron chi connectivity index (χ4n) is 4.23. The Hall–Kier alpha value is -3.51. The number of fused-ring (bicyclic) bond motifs is 1. The van der Waals surface area contributed by atoms with E-state index < -0.39 is 0 Å². The van der Waals surface area contributed by atoms with E-state index in [0.717, 1.165) is 77.6 Å². The van der Waals surface area contributed by atoms with Crippen LogP contribution in [0.1, 0.15) is 27.2 Å². The quantitative estimate of drug-likeness (QED) is 0.680. The number of aryl methyl sites for hydroxylation is 1. The van der Waals surface area contributed by atoms with Crippen molar-refractivity contribution in [2.24, 2.45) is 0 Å². The van der Waals surface area contributed by atoms with Gasteiger partial charge in [-0.1, -0.05) is 18.2 Å². The van der Waals surface area contributed by atoms with Gasteiger partial charge in [-0.3, -0.25) is 14.8 Å². The molecule has 162 valence electrons. The third-order valence-electron chi connectivity index (χ3n) is 6.23. The molecule has 6 nitrogen and oxygen atoms in total. The first kappa shape index (κ1) is 20.4. The first-order chi connectivity index (χ1) is 15.6. The minimum Gasteiger partial charge on any atom is -0.355 e. The number of nitrogens with zero attached hydrogens (tertiary/aromatic N) is 4. The predicted molar refractivity (Wildman–Crippen MR) is 128 cm³/mol. The molecule has 1 aromatic carbocycles. The highest BCUT2D eigenvalue weighted by atomic mass is 16.2. The molecule has 1 saturated heterocycles. The number of piperazine rings is 1. The van der Waals surface area contributed by atoms with Crippen LogP contribution in [0.2, 0.25) is 0 Å². The maximum atomic E-state index is 13.1. The van der Waals surface area contributed by atoms with E-state index in [1.54, 1.807) is 6.20 Å². The Morgan fingerprint density at radius 3 is 2.69 bits per heavy atom. The Kier molecular flexibility index (Phi) is 5.45. The molecule has 1 N–H and O–H groups in total. The van der Waals surface area contributed by atoms with Crippen LogP contribution >= 0.6 is 0 Å². The van der Waals surface area contributed by atoms with E-state index in [4.69, 9.17) is 4.98 Å². The van der Waals surface area contributed by atoms with Crippen LogP contribution in [0.5, 0.6) is 0 Å². The predicted octanol–water partition coefficient (Wildman–Crippen LogP) is 4.15. The van der Waals surface area contributed by atoms with Gasteiger partial charge in [-0.2, -0.15) is 0 Å².